The molecule has 0 saturated carbocycles. The van der Waals surface area contributed by atoms with E-state index in [2.05, 4.69) is 77.7 Å². The second-order valence-electron chi connectivity index (χ2n) is 10.5. The van der Waals surface area contributed by atoms with Crippen LogP contribution >= 0.6 is 11.3 Å². The Bertz CT molecular complexity index is 1360. The van der Waals surface area contributed by atoms with Gasteiger partial charge in [-0.3, -0.25) is 9.69 Å². The van der Waals surface area contributed by atoms with Gasteiger partial charge in [-0.25, -0.2) is 4.98 Å². The molecule has 1 aromatic heterocycles. The van der Waals surface area contributed by atoms with Crippen LogP contribution in [0.5, 0.6) is 11.5 Å². The Hall–Kier alpha value is -3.68. The quantitative estimate of drug-likeness (QED) is 0.218. The van der Waals surface area contributed by atoms with E-state index in [1.807, 2.05) is 16.3 Å². The maximum Gasteiger partial charge on any atom is 0.273 e. The highest BCUT2D eigenvalue weighted by Gasteiger charge is 2.22. The molecule has 0 N–H and O–H groups in total. The van der Waals surface area contributed by atoms with Crippen LogP contribution in [0.25, 0.3) is 0 Å². The number of ether oxygens (including phenoxy) is 2. The van der Waals surface area contributed by atoms with Gasteiger partial charge in [0.1, 0.15) is 10.7 Å². The fourth-order valence-corrected chi connectivity index (χ4v) is 6.46. The fourth-order valence-electron chi connectivity index (χ4n) is 5.65. The van der Waals surface area contributed by atoms with Crippen molar-refractivity contribution < 1.29 is 14.3 Å². The number of piperidine rings is 1. The summed E-state index contributed by atoms with van der Waals surface area (Å²) in [6, 6.07) is 27.7. The number of amides is 1. The molecule has 1 fully saturated rings. The smallest absolute Gasteiger partial charge is 0.273 e. The summed E-state index contributed by atoms with van der Waals surface area (Å²) in [5.74, 6) is 1.95. The zero-order chi connectivity index (χ0) is 27.1. The van der Waals surface area contributed by atoms with E-state index in [0.29, 0.717) is 12.2 Å². The number of hydrogen-bond donors (Lipinski definition) is 0. The number of benzene rings is 3. The van der Waals surface area contributed by atoms with Crippen molar-refractivity contribution in [2.45, 2.75) is 44.7 Å². The van der Waals surface area contributed by atoms with Crippen LogP contribution in [0.3, 0.4) is 0 Å². The van der Waals surface area contributed by atoms with E-state index < -0.39 is 0 Å². The summed E-state index contributed by atoms with van der Waals surface area (Å²) in [5, 5.41) is 2.90. The van der Waals surface area contributed by atoms with Gasteiger partial charge >= 0.3 is 0 Å². The summed E-state index contributed by atoms with van der Waals surface area (Å²) in [5.41, 5.74) is 4.39. The summed E-state index contributed by atoms with van der Waals surface area (Å²) < 4.78 is 11.2. The highest BCUT2D eigenvalue weighted by atomic mass is 32.1. The van der Waals surface area contributed by atoms with Crippen molar-refractivity contribution in [1.29, 1.82) is 0 Å². The van der Waals surface area contributed by atoms with E-state index in [1.54, 1.807) is 11.3 Å². The molecule has 3 heterocycles. The van der Waals surface area contributed by atoms with Crippen LogP contribution in [-0.4, -0.2) is 47.1 Å². The summed E-state index contributed by atoms with van der Waals surface area (Å²) in [6.07, 6.45) is 4.32. The largest absolute Gasteiger partial charge is 0.454 e. The van der Waals surface area contributed by atoms with Crippen LogP contribution in [-0.2, 0) is 13.1 Å². The van der Waals surface area contributed by atoms with E-state index in [0.717, 1.165) is 61.9 Å². The van der Waals surface area contributed by atoms with Crippen molar-refractivity contribution in [3.8, 4) is 11.5 Å². The van der Waals surface area contributed by atoms with Gasteiger partial charge in [-0.15, -0.1) is 11.3 Å². The normalized spacial score (nSPS) is 14.7. The summed E-state index contributed by atoms with van der Waals surface area (Å²) in [6.45, 7) is 4.25. The van der Waals surface area contributed by atoms with Crippen LogP contribution in [0.2, 0.25) is 0 Å². The minimum absolute atomic E-state index is 0.0674. The molecule has 0 aliphatic carbocycles. The molecule has 6 rings (SSSR count). The Morgan fingerprint density at radius 2 is 1.57 bits per heavy atom. The molecule has 40 heavy (non-hydrogen) atoms. The number of nitrogens with zero attached hydrogens (tertiary/aromatic N) is 3. The predicted octanol–water partition coefficient (Wildman–Crippen LogP) is 6.72. The van der Waals surface area contributed by atoms with E-state index >= 15 is 0 Å². The minimum Gasteiger partial charge on any atom is -0.454 e. The van der Waals surface area contributed by atoms with E-state index in [9.17, 15) is 4.79 Å². The van der Waals surface area contributed by atoms with E-state index in [-0.39, 0.29) is 18.6 Å². The molecule has 0 spiro atoms. The van der Waals surface area contributed by atoms with Crippen LogP contribution in [0.4, 0.5) is 0 Å². The Labute approximate surface area is 240 Å². The van der Waals surface area contributed by atoms with Crippen molar-refractivity contribution in [2.75, 3.05) is 26.4 Å². The first-order valence-electron chi connectivity index (χ1n) is 14.2. The molecule has 1 amide bonds. The first-order valence-corrected chi connectivity index (χ1v) is 15.1. The molecule has 2 aliphatic rings. The SMILES string of the molecule is O=C(c1csc(CN(CCC(c2ccccc2)c2ccccc2)Cc2ccc3c(c2)OCO3)n1)N1CCCCC1. The molecule has 3 aromatic carbocycles. The Kier molecular flexibility index (Phi) is 8.40. The van der Waals surface area contributed by atoms with Gasteiger partial charge in [0, 0.05) is 30.9 Å². The minimum atomic E-state index is 0.0674. The molecule has 1 saturated heterocycles. The maximum atomic E-state index is 13.1. The lowest BCUT2D eigenvalue weighted by Crippen LogP contribution is -2.35. The zero-order valence-electron chi connectivity index (χ0n) is 22.7. The monoisotopic (exact) mass is 553 g/mol. The number of fused-ring (bicyclic) bond motifs is 1. The standard InChI is InChI=1S/C33H35N3O3S/c37-33(36-17-8-3-9-18-36)29-23-40-32(34-29)22-35(21-25-14-15-30-31(20-25)39-24-38-30)19-16-28(26-10-4-1-5-11-26)27-12-6-2-7-13-27/h1-2,4-7,10-15,20,23,28H,3,8-9,16-19,21-22,24H2. The lowest BCUT2D eigenvalue weighted by Gasteiger charge is -2.26. The van der Waals surface area contributed by atoms with Crippen molar-refractivity contribution in [2.24, 2.45) is 0 Å². The zero-order valence-corrected chi connectivity index (χ0v) is 23.5. The highest BCUT2D eigenvalue weighted by Crippen LogP contribution is 2.34. The van der Waals surface area contributed by atoms with Crippen LogP contribution < -0.4 is 9.47 Å². The van der Waals surface area contributed by atoms with Crippen molar-refractivity contribution >= 4 is 17.2 Å². The number of thiazole rings is 1. The molecule has 2 aliphatic heterocycles. The molecule has 206 valence electrons. The van der Waals surface area contributed by atoms with E-state index in [4.69, 9.17) is 14.5 Å². The van der Waals surface area contributed by atoms with Crippen LogP contribution in [0.15, 0.2) is 84.2 Å². The molecule has 0 unspecified atom stereocenters. The average molecular weight is 554 g/mol. The van der Waals surface area contributed by atoms with Gasteiger partial charge < -0.3 is 14.4 Å². The Morgan fingerprint density at radius 3 is 2.30 bits per heavy atom. The second-order valence-corrected chi connectivity index (χ2v) is 11.5. The van der Waals surface area contributed by atoms with Gasteiger partial charge in [0.2, 0.25) is 6.79 Å². The third-order valence-corrected chi connectivity index (χ3v) is 8.59. The topological polar surface area (TPSA) is 54.9 Å². The highest BCUT2D eigenvalue weighted by molar-refractivity contribution is 7.09. The lowest BCUT2D eigenvalue weighted by molar-refractivity contribution is 0.0718. The lowest BCUT2D eigenvalue weighted by atomic mass is 9.88. The first kappa shape index (κ1) is 26.5. The van der Waals surface area contributed by atoms with Gasteiger partial charge in [-0.2, -0.15) is 0 Å². The summed E-state index contributed by atoms with van der Waals surface area (Å²) >= 11 is 1.58. The van der Waals surface area contributed by atoms with E-state index in [1.165, 1.54) is 23.1 Å². The number of likely N-dealkylation sites (tertiary alicyclic amines) is 1. The maximum absolute atomic E-state index is 13.1. The fraction of sp³-hybridized carbons (Fsp3) is 0.333. The molecule has 4 aromatic rings. The Morgan fingerprint density at radius 1 is 0.875 bits per heavy atom. The molecule has 0 radical (unpaired) electrons. The molecule has 6 nitrogen and oxygen atoms in total. The number of rotatable bonds is 10. The molecular weight excluding hydrogens is 518 g/mol. The van der Waals surface area contributed by atoms with Crippen LogP contribution in [0, 0.1) is 0 Å². The van der Waals surface area contributed by atoms with Gasteiger partial charge in [0.15, 0.2) is 11.5 Å². The molecule has 7 heteroatoms. The van der Waals surface area contributed by atoms with Crippen LogP contribution in [0.1, 0.15) is 63.8 Å². The first-order chi connectivity index (χ1) is 19.7. The van der Waals surface area contributed by atoms with Gasteiger partial charge in [-0.05, 0) is 61.1 Å². The third kappa shape index (κ3) is 6.37. The predicted molar refractivity (Wildman–Crippen MR) is 158 cm³/mol. The number of hydrogen-bond acceptors (Lipinski definition) is 6. The second kappa shape index (κ2) is 12.7. The van der Waals surface area contributed by atoms with Crippen molar-refractivity contribution in [3.63, 3.8) is 0 Å². The number of carbonyl (C=O) groups excluding carboxylic acids is 1. The summed E-state index contributed by atoms with van der Waals surface area (Å²) in [4.78, 5) is 22.3. The van der Waals surface area contributed by atoms with Gasteiger partial charge in [-0.1, -0.05) is 66.7 Å². The van der Waals surface area contributed by atoms with Crippen molar-refractivity contribution in [1.82, 2.24) is 14.8 Å². The van der Waals surface area contributed by atoms with Crippen molar-refractivity contribution in [3.05, 3.63) is 112 Å². The number of carbonyl (C=O) groups is 1. The third-order valence-electron chi connectivity index (χ3n) is 7.75. The number of aromatic nitrogens is 1. The van der Waals surface area contributed by atoms with Gasteiger partial charge in [0.05, 0.1) is 6.54 Å². The van der Waals surface area contributed by atoms with Gasteiger partial charge in [0.25, 0.3) is 5.91 Å². The molecular formula is C33H35N3O3S. The molecule has 0 bridgehead atoms. The molecule has 0 atom stereocenters. The average Bonchev–Trinajstić information content (AvgIpc) is 3.68. The summed E-state index contributed by atoms with van der Waals surface area (Å²) in [7, 11) is 0. The Balaban J connectivity index is 1.21.